The summed E-state index contributed by atoms with van der Waals surface area (Å²) in [6.07, 6.45) is 5.87. The monoisotopic (exact) mass is 169 g/mol. The molecule has 0 aromatic carbocycles. The van der Waals surface area contributed by atoms with E-state index >= 15 is 0 Å². The second-order valence-corrected chi connectivity index (χ2v) is 3.66. The van der Waals surface area contributed by atoms with E-state index in [1.165, 1.54) is 18.4 Å². The molecule has 0 saturated heterocycles. The molecular weight excluding hydrogens is 148 g/mol. The van der Waals surface area contributed by atoms with E-state index in [0.29, 0.717) is 0 Å². The fourth-order valence-corrected chi connectivity index (χ4v) is 1.09. The quantitative estimate of drug-likeness (QED) is 0.552. The lowest BCUT2D eigenvalue weighted by molar-refractivity contribution is 0.216. The van der Waals surface area contributed by atoms with Crippen molar-refractivity contribution in [3.63, 3.8) is 0 Å². The Labute approximate surface area is 76.8 Å². The van der Waals surface area contributed by atoms with Crippen LogP contribution in [-0.2, 0) is 4.74 Å². The number of hydrogen-bond donors (Lipinski definition) is 0. The van der Waals surface area contributed by atoms with Gasteiger partial charge in [0.15, 0.2) is 0 Å². The second-order valence-electron chi connectivity index (χ2n) is 3.66. The maximum Gasteiger partial charge on any atom is 0.0700 e. The summed E-state index contributed by atoms with van der Waals surface area (Å²) in [7, 11) is 3.35. The average Bonchev–Trinajstić information content (AvgIpc) is 2.00. The van der Waals surface area contributed by atoms with Gasteiger partial charge in [0, 0.05) is 6.61 Å². The third-order valence-electron chi connectivity index (χ3n) is 1.97. The predicted molar refractivity (Wildman–Crippen MR) is 53.8 cm³/mol. The minimum absolute atomic E-state index is 0.752. The number of hydrogen-bond acceptors (Lipinski definition) is 1. The van der Waals surface area contributed by atoms with Crippen molar-refractivity contribution >= 4 is 0 Å². The van der Waals surface area contributed by atoms with E-state index in [-0.39, 0.29) is 0 Å². The minimum atomic E-state index is 0.752. The van der Waals surface area contributed by atoms with E-state index in [9.17, 15) is 0 Å². The fraction of sp³-hybridized carbons (Fsp3) is 0.727. The van der Waals surface area contributed by atoms with Gasteiger partial charge in [-0.2, -0.15) is 0 Å². The standard InChI is InChI=1S/C11H21O/c1-10(2)6-5-7-11(3)8-9-12-4/h6,11H,4-5,7-9H2,1-3H3. The molecule has 0 aliphatic rings. The SMILES string of the molecule is [CH2]OCCC(C)CCC=C(C)C. The van der Waals surface area contributed by atoms with Gasteiger partial charge in [0.1, 0.15) is 0 Å². The Morgan fingerprint density at radius 2 is 2.08 bits per heavy atom. The summed E-state index contributed by atoms with van der Waals surface area (Å²) in [6, 6.07) is 0. The zero-order valence-corrected chi connectivity index (χ0v) is 8.60. The smallest absolute Gasteiger partial charge is 0.0700 e. The number of rotatable bonds is 6. The summed E-state index contributed by atoms with van der Waals surface area (Å²) in [5.41, 5.74) is 1.41. The van der Waals surface area contributed by atoms with Gasteiger partial charge in [-0.15, -0.1) is 0 Å². The van der Waals surface area contributed by atoms with Gasteiger partial charge in [0.2, 0.25) is 0 Å². The molecule has 1 heteroatoms. The minimum Gasteiger partial charge on any atom is -0.379 e. The van der Waals surface area contributed by atoms with Crippen LogP contribution in [0.25, 0.3) is 0 Å². The van der Waals surface area contributed by atoms with Gasteiger partial charge in [-0.25, -0.2) is 0 Å². The zero-order chi connectivity index (χ0) is 9.40. The Bertz CT molecular complexity index is 123. The van der Waals surface area contributed by atoms with Crippen molar-refractivity contribution in [2.24, 2.45) is 5.92 Å². The molecule has 1 atom stereocenters. The highest BCUT2D eigenvalue weighted by atomic mass is 16.5. The molecule has 0 amide bonds. The third kappa shape index (κ3) is 7.80. The molecule has 0 spiro atoms. The molecule has 0 aromatic heterocycles. The first kappa shape index (κ1) is 11.7. The lowest BCUT2D eigenvalue weighted by Gasteiger charge is -2.08. The molecular formula is C11H21O. The van der Waals surface area contributed by atoms with E-state index in [1.54, 1.807) is 0 Å². The molecule has 0 aliphatic heterocycles. The molecule has 1 unspecified atom stereocenters. The highest BCUT2D eigenvalue weighted by molar-refractivity contribution is 4.92. The van der Waals surface area contributed by atoms with Crippen molar-refractivity contribution in [2.75, 3.05) is 6.61 Å². The van der Waals surface area contributed by atoms with Crippen LogP contribution in [0.3, 0.4) is 0 Å². The maximum atomic E-state index is 4.77. The Balaban J connectivity index is 3.31. The molecule has 0 bridgehead atoms. The fourth-order valence-electron chi connectivity index (χ4n) is 1.09. The van der Waals surface area contributed by atoms with Crippen molar-refractivity contribution in [2.45, 2.75) is 40.0 Å². The van der Waals surface area contributed by atoms with E-state index in [1.807, 2.05) is 0 Å². The van der Waals surface area contributed by atoms with Gasteiger partial charge in [-0.3, -0.25) is 0 Å². The molecule has 0 N–H and O–H groups in total. The summed E-state index contributed by atoms with van der Waals surface area (Å²) in [6.45, 7) is 7.33. The predicted octanol–water partition coefficient (Wildman–Crippen LogP) is 3.57. The zero-order valence-electron chi connectivity index (χ0n) is 8.60. The first-order valence-corrected chi connectivity index (χ1v) is 4.67. The number of ether oxygens (including phenoxy) is 1. The Kier molecular flexibility index (Phi) is 7.17. The van der Waals surface area contributed by atoms with Crippen molar-refractivity contribution in [1.29, 1.82) is 0 Å². The summed E-state index contributed by atoms with van der Waals surface area (Å²) >= 11 is 0. The molecule has 0 fully saturated rings. The van der Waals surface area contributed by atoms with E-state index in [0.717, 1.165) is 18.9 Å². The Morgan fingerprint density at radius 3 is 2.58 bits per heavy atom. The summed E-state index contributed by atoms with van der Waals surface area (Å²) in [5, 5.41) is 0. The van der Waals surface area contributed by atoms with Crippen LogP contribution < -0.4 is 0 Å². The highest BCUT2D eigenvalue weighted by Crippen LogP contribution is 2.11. The number of allylic oxidation sites excluding steroid dienone is 2. The van der Waals surface area contributed by atoms with Crippen LogP contribution in [0, 0.1) is 13.0 Å². The van der Waals surface area contributed by atoms with Gasteiger partial charge in [0.25, 0.3) is 0 Å². The van der Waals surface area contributed by atoms with Crippen LogP contribution in [0.5, 0.6) is 0 Å². The lowest BCUT2D eigenvalue weighted by atomic mass is 10.0. The molecule has 1 nitrogen and oxygen atoms in total. The lowest BCUT2D eigenvalue weighted by Crippen LogP contribution is -1.98. The van der Waals surface area contributed by atoms with Crippen LogP contribution >= 0.6 is 0 Å². The maximum absolute atomic E-state index is 4.77. The van der Waals surface area contributed by atoms with Crippen LogP contribution in [0.2, 0.25) is 0 Å². The van der Waals surface area contributed by atoms with Crippen molar-refractivity contribution in [3.05, 3.63) is 18.8 Å². The van der Waals surface area contributed by atoms with Crippen LogP contribution in [0.4, 0.5) is 0 Å². The largest absolute Gasteiger partial charge is 0.379 e. The van der Waals surface area contributed by atoms with Gasteiger partial charge >= 0.3 is 0 Å². The van der Waals surface area contributed by atoms with Gasteiger partial charge < -0.3 is 4.74 Å². The average molecular weight is 169 g/mol. The summed E-state index contributed by atoms with van der Waals surface area (Å²) < 4.78 is 4.77. The highest BCUT2D eigenvalue weighted by Gasteiger charge is 1.99. The van der Waals surface area contributed by atoms with Crippen molar-refractivity contribution in [3.8, 4) is 0 Å². The van der Waals surface area contributed by atoms with E-state index in [2.05, 4.69) is 34.0 Å². The molecule has 0 aliphatic carbocycles. The molecule has 0 aromatic rings. The first-order valence-electron chi connectivity index (χ1n) is 4.67. The van der Waals surface area contributed by atoms with E-state index in [4.69, 9.17) is 4.74 Å². The first-order chi connectivity index (χ1) is 5.66. The molecule has 0 rings (SSSR count). The van der Waals surface area contributed by atoms with E-state index < -0.39 is 0 Å². The topological polar surface area (TPSA) is 9.23 Å². The molecule has 0 heterocycles. The van der Waals surface area contributed by atoms with Crippen LogP contribution in [-0.4, -0.2) is 6.61 Å². The molecule has 71 valence electrons. The van der Waals surface area contributed by atoms with Gasteiger partial charge in [-0.05, 0) is 39.0 Å². The molecule has 12 heavy (non-hydrogen) atoms. The third-order valence-corrected chi connectivity index (χ3v) is 1.97. The molecule has 0 saturated carbocycles. The second kappa shape index (κ2) is 7.35. The molecule has 1 radical (unpaired) electrons. The summed E-state index contributed by atoms with van der Waals surface area (Å²) in [5.74, 6) is 0.752. The van der Waals surface area contributed by atoms with Gasteiger partial charge in [0.05, 0.1) is 7.11 Å². The Morgan fingerprint density at radius 1 is 1.42 bits per heavy atom. The van der Waals surface area contributed by atoms with Crippen LogP contribution in [0.1, 0.15) is 40.0 Å². The Hall–Kier alpha value is -0.300. The van der Waals surface area contributed by atoms with Crippen molar-refractivity contribution in [1.82, 2.24) is 0 Å². The van der Waals surface area contributed by atoms with Gasteiger partial charge in [-0.1, -0.05) is 18.6 Å². The summed E-state index contributed by atoms with van der Waals surface area (Å²) in [4.78, 5) is 0. The normalized spacial score (nSPS) is 12.7. The van der Waals surface area contributed by atoms with Crippen LogP contribution in [0.15, 0.2) is 11.6 Å². The van der Waals surface area contributed by atoms with Crippen molar-refractivity contribution < 1.29 is 4.74 Å².